The van der Waals surface area contributed by atoms with Gasteiger partial charge in [0.25, 0.3) is 0 Å². The van der Waals surface area contributed by atoms with Crippen molar-refractivity contribution in [1.82, 2.24) is 4.31 Å². The van der Waals surface area contributed by atoms with Crippen molar-refractivity contribution in [3.05, 3.63) is 0 Å². The molecule has 4 unspecified atom stereocenters. The molecule has 0 aromatic rings. The van der Waals surface area contributed by atoms with E-state index in [-0.39, 0.29) is 0 Å². The number of hydrogen-bond acceptors (Lipinski definition) is 3. The molecule has 2 saturated heterocycles. The first-order chi connectivity index (χ1) is 4.89. The minimum atomic E-state index is 0.650. The molecule has 3 fully saturated rings. The van der Waals surface area contributed by atoms with Crippen LogP contribution in [0.4, 0.5) is 0 Å². The predicted molar refractivity (Wildman–Crippen MR) is 40.8 cm³/mol. The molecule has 0 aromatic heterocycles. The Balaban J connectivity index is 1.85. The Hall–Kier alpha value is 0.270. The zero-order valence-corrected chi connectivity index (χ0v) is 6.86. The van der Waals surface area contributed by atoms with Crippen LogP contribution in [0.3, 0.4) is 0 Å². The lowest BCUT2D eigenvalue weighted by Gasteiger charge is -2.04. The highest BCUT2D eigenvalue weighted by Crippen LogP contribution is 2.68. The largest absolute Gasteiger partial charge is 0.379 e. The van der Waals surface area contributed by atoms with Gasteiger partial charge in [0, 0.05) is 5.92 Å². The Morgan fingerprint density at radius 2 is 2.50 bits per heavy atom. The average Bonchev–Trinajstić information content (AvgIpc) is 2.72. The van der Waals surface area contributed by atoms with Crippen molar-refractivity contribution >= 4 is 11.9 Å². The molecule has 3 aliphatic rings. The van der Waals surface area contributed by atoms with Gasteiger partial charge in [0.2, 0.25) is 0 Å². The van der Waals surface area contributed by atoms with Gasteiger partial charge in [0.15, 0.2) is 0 Å². The lowest BCUT2D eigenvalue weighted by Crippen LogP contribution is -2.15. The maximum absolute atomic E-state index is 5.45. The molecule has 2 aliphatic heterocycles. The van der Waals surface area contributed by atoms with E-state index in [1.165, 1.54) is 6.42 Å². The van der Waals surface area contributed by atoms with Crippen LogP contribution >= 0.6 is 11.9 Å². The summed E-state index contributed by atoms with van der Waals surface area (Å²) in [5.74, 6) is 0.888. The van der Waals surface area contributed by atoms with Crippen molar-refractivity contribution in [2.75, 3.05) is 19.5 Å². The smallest absolute Gasteiger partial charge is 0.0650 e. The van der Waals surface area contributed by atoms with Crippen molar-refractivity contribution < 1.29 is 4.74 Å². The number of hydrogen-bond donors (Lipinski definition) is 0. The molecular weight excluding hydrogens is 146 g/mol. The molecule has 0 aromatic carbocycles. The summed E-state index contributed by atoms with van der Waals surface area (Å²) in [5, 5.41) is 0. The summed E-state index contributed by atoms with van der Waals surface area (Å²) < 4.78 is 7.97. The normalized spacial score (nSPS) is 62.7. The molecule has 0 N–H and O–H groups in total. The van der Waals surface area contributed by atoms with Crippen LogP contribution in [0, 0.1) is 5.92 Å². The van der Waals surface area contributed by atoms with Gasteiger partial charge < -0.3 is 4.74 Å². The Morgan fingerprint density at radius 3 is 3.20 bits per heavy atom. The van der Waals surface area contributed by atoms with Crippen LogP contribution in [-0.2, 0) is 4.74 Å². The standard InChI is InChI=1S/C7H11NOS/c1-10-8-6-4-9-3-5-2-7(5,6)8/h5-6H,2-4H2,1H3. The maximum atomic E-state index is 5.45. The van der Waals surface area contributed by atoms with Gasteiger partial charge in [-0.3, -0.25) is 0 Å². The van der Waals surface area contributed by atoms with E-state index < -0.39 is 0 Å². The van der Waals surface area contributed by atoms with E-state index in [0.29, 0.717) is 5.54 Å². The van der Waals surface area contributed by atoms with Crippen molar-refractivity contribution in [3.63, 3.8) is 0 Å². The van der Waals surface area contributed by atoms with E-state index in [1.807, 2.05) is 11.9 Å². The lowest BCUT2D eigenvalue weighted by atomic mass is 10.2. The molecular formula is C7H11NOS. The van der Waals surface area contributed by atoms with Gasteiger partial charge >= 0.3 is 0 Å². The third-order valence-corrected chi connectivity index (χ3v) is 4.10. The second-order valence-corrected chi connectivity index (χ2v) is 4.21. The topological polar surface area (TPSA) is 12.2 Å². The number of nitrogens with zero attached hydrogens (tertiary/aromatic N) is 1. The summed E-state index contributed by atoms with van der Waals surface area (Å²) in [6.07, 6.45) is 3.57. The summed E-state index contributed by atoms with van der Waals surface area (Å²) >= 11 is 1.89. The summed E-state index contributed by atoms with van der Waals surface area (Å²) in [4.78, 5) is 0. The fourth-order valence-electron chi connectivity index (χ4n) is 2.43. The first-order valence-corrected chi connectivity index (χ1v) is 4.99. The van der Waals surface area contributed by atoms with Crippen molar-refractivity contribution in [2.45, 2.75) is 18.0 Å². The minimum absolute atomic E-state index is 0.650. The fourth-order valence-corrected chi connectivity index (χ4v) is 3.57. The average molecular weight is 157 g/mol. The Bertz CT molecular complexity index is 180. The van der Waals surface area contributed by atoms with Crippen LogP contribution in [0.15, 0.2) is 0 Å². The zero-order chi connectivity index (χ0) is 6.77. The first-order valence-electron chi connectivity index (χ1n) is 3.81. The highest BCUT2D eigenvalue weighted by molar-refractivity contribution is 7.96. The SMILES string of the molecule is CSN1C2COCC3CC321. The molecule has 3 heteroatoms. The molecule has 2 heterocycles. The number of ether oxygens (including phenoxy) is 1. The highest BCUT2D eigenvalue weighted by atomic mass is 32.2. The highest BCUT2D eigenvalue weighted by Gasteiger charge is 2.78. The molecule has 2 nitrogen and oxygen atoms in total. The second kappa shape index (κ2) is 1.54. The summed E-state index contributed by atoms with van der Waals surface area (Å²) in [5.41, 5.74) is 0.650. The molecule has 56 valence electrons. The van der Waals surface area contributed by atoms with Crippen LogP contribution in [0.2, 0.25) is 0 Å². The Morgan fingerprint density at radius 1 is 1.60 bits per heavy atom. The quantitative estimate of drug-likeness (QED) is 0.411. The Kier molecular flexibility index (Phi) is 0.905. The minimum Gasteiger partial charge on any atom is -0.379 e. The van der Waals surface area contributed by atoms with E-state index in [9.17, 15) is 0 Å². The molecule has 10 heavy (non-hydrogen) atoms. The van der Waals surface area contributed by atoms with E-state index in [0.717, 1.165) is 25.2 Å². The van der Waals surface area contributed by atoms with Gasteiger partial charge in [-0.25, -0.2) is 4.31 Å². The zero-order valence-electron chi connectivity index (χ0n) is 6.04. The van der Waals surface area contributed by atoms with Crippen molar-refractivity contribution in [1.29, 1.82) is 0 Å². The van der Waals surface area contributed by atoms with Gasteiger partial charge in [-0.1, -0.05) is 11.9 Å². The van der Waals surface area contributed by atoms with Gasteiger partial charge in [-0.05, 0) is 12.7 Å². The molecule has 3 rings (SSSR count). The third kappa shape index (κ3) is 0.447. The molecule has 4 atom stereocenters. The van der Waals surface area contributed by atoms with Gasteiger partial charge in [-0.2, -0.15) is 0 Å². The molecule has 0 amide bonds. The molecule has 1 aliphatic carbocycles. The van der Waals surface area contributed by atoms with E-state index >= 15 is 0 Å². The first kappa shape index (κ1) is 5.86. The van der Waals surface area contributed by atoms with Crippen LogP contribution in [0.5, 0.6) is 0 Å². The second-order valence-electron chi connectivity index (χ2n) is 3.45. The van der Waals surface area contributed by atoms with Crippen LogP contribution < -0.4 is 0 Å². The van der Waals surface area contributed by atoms with Gasteiger partial charge in [-0.15, -0.1) is 0 Å². The van der Waals surface area contributed by atoms with E-state index in [4.69, 9.17) is 4.74 Å². The molecule has 1 spiro atoms. The third-order valence-electron chi connectivity index (χ3n) is 3.11. The predicted octanol–water partition coefficient (Wildman–Crippen LogP) is 0.738. The lowest BCUT2D eigenvalue weighted by molar-refractivity contribution is 0.107. The number of rotatable bonds is 1. The maximum Gasteiger partial charge on any atom is 0.0650 e. The van der Waals surface area contributed by atoms with Crippen LogP contribution in [0.25, 0.3) is 0 Å². The van der Waals surface area contributed by atoms with Crippen molar-refractivity contribution in [2.24, 2.45) is 5.92 Å². The summed E-state index contributed by atoms with van der Waals surface area (Å²) in [7, 11) is 0. The van der Waals surface area contributed by atoms with Crippen LogP contribution in [-0.4, -0.2) is 35.4 Å². The van der Waals surface area contributed by atoms with Crippen LogP contribution in [0.1, 0.15) is 6.42 Å². The van der Waals surface area contributed by atoms with E-state index in [2.05, 4.69) is 10.6 Å². The van der Waals surface area contributed by atoms with E-state index in [1.54, 1.807) is 0 Å². The summed E-state index contributed by atoms with van der Waals surface area (Å²) in [6.45, 7) is 2.00. The molecule has 0 bridgehead atoms. The Labute approximate surface area is 65.0 Å². The molecule has 1 saturated carbocycles. The van der Waals surface area contributed by atoms with Gasteiger partial charge in [0.1, 0.15) is 0 Å². The van der Waals surface area contributed by atoms with Gasteiger partial charge in [0.05, 0.1) is 24.8 Å². The summed E-state index contributed by atoms with van der Waals surface area (Å²) in [6, 6.07) is 0.779. The van der Waals surface area contributed by atoms with Crippen molar-refractivity contribution in [3.8, 4) is 0 Å². The fraction of sp³-hybridized carbons (Fsp3) is 1.00. The monoisotopic (exact) mass is 157 g/mol. The molecule has 0 radical (unpaired) electrons.